The molecule has 0 saturated carbocycles. The fraction of sp³-hybridized carbons (Fsp3) is 0.647. The van der Waals surface area contributed by atoms with Gasteiger partial charge in [-0.25, -0.2) is 8.78 Å². The molecule has 2 aliphatic carbocycles. The van der Waals surface area contributed by atoms with Crippen molar-refractivity contribution in [1.29, 1.82) is 0 Å². The van der Waals surface area contributed by atoms with Gasteiger partial charge >= 0.3 is 6.18 Å². The highest BCUT2D eigenvalue weighted by atomic mass is 32.1. The third-order valence-electron chi connectivity index (χ3n) is 8.11. The zero-order chi connectivity index (χ0) is 33.8. The summed E-state index contributed by atoms with van der Waals surface area (Å²) in [7, 11) is 0. The second-order valence-corrected chi connectivity index (χ2v) is 13.9. The van der Waals surface area contributed by atoms with Crippen LogP contribution in [-0.4, -0.2) is 32.4 Å². The van der Waals surface area contributed by atoms with Crippen LogP contribution in [0.4, 0.5) is 22.0 Å². The van der Waals surface area contributed by atoms with Crippen LogP contribution in [0.1, 0.15) is 145 Å². The van der Waals surface area contributed by atoms with Gasteiger partial charge in [0.15, 0.2) is 0 Å². The van der Waals surface area contributed by atoms with Crippen molar-refractivity contribution < 1.29 is 32.2 Å². The Bertz CT molecular complexity index is 1280. The number of hydrogen-bond acceptors (Lipinski definition) is 5. The molecule has 10 heteroatoms. The van der Waals surface area contributed by atoms with Crippen molar-refractivity contribution in [3.05, 3.63) is 63.7 Å². The van der Waals surface area contributed by atoms with Gasteiger partial charge in [0.05, 0.1) is 23.1 Å². The molecular weight excluding hydrogens is 595 g/mol. The van der Waals surface area contributed by atoms with Crippen LogP contribution >= 0.6 is 12.6 Å². The summed E-state index contributed by atoms with van der Waals surface area (Å²) in [6, 6.07) is 1.97. The number of fused-ring (bicyclic) bond motifs is 1. The molecule has 0 saturated heterocycles. The number of hydrogen-bond donors (Lipinski definition) is 3. The van der Waals surface area contributed by atoms with Crippen molar-refractivity contribution in [1.82, 2.24) is 9.97 Å². The first kappa shape index (κ1) is 38.1. The van der Waals surface area contributed by atoms with Gasteiger partial charge in [0.25, 0.3) is 5.92 Å². The first-order valence-corrected chi connectivity index (χ1v) is 16.0. The van der Waals surface area contributed by atoms with E-state index in [1.54, 1.807) is 6.26 Å². The zero-order valence-electron chi connectivity index (χ0n) is 27.4. The summed E-state index contributed by atoms with van der Waals surface area (Å²) >= 11 is 3.53. The molecule has 44 heavy (non-hydrogen) atoms. The summed E-state index contributed by atoms with van der Waals surface area (Å²) in [6.07, 6.45) is -1.70. The Morgan fingerprint density at radius 2 is 1.68 bits per heavy atom. The predicted molar refractivity (Wildman–Crippen MR) is 170 cm³/mol. The number of aliphatic hydroxyl groups excluding tert-OH is 2. The lowest BCUT2D eigenvalue weighted by Crippen LogP contribution is -2.30. The van der Waals surface area contributed by atoms with E-state index in [9.17, 15) is 32.2 Å². The Morgan fingerprint density at radius 3 is 2.11 bits per heavy atom. The average Bonchev–Trinajstić information content (AvgIpc) is 2.91. The number of nitrogens with zero attached hydrogens (tertiary/aromatic N) is 2. The van der Waals surface area contributed by atoms with E-state index >= 15 is 0 Å². The van der Waals surface area contributed by atoms with Crippen LogP contribution in [-0.2, 0) is 12.6 Å². The molecule has 0 aromatic carbocycles. The second kappa shape index (κ2) is 14.6. The monoisotopic (exact) mass is 644 g/mol. The third kappa shape index (κ3) is 9.73. The first-order chi connectivity index (χ1) is 20.2. The van der Waals surface area contributed by atoms with Crippen molar-refractivity contribution in [2.75, 3.05) is 6.26 Å². The Kier molecular flexibility index (Phi) is 12.6. The van der Waals surface area contributed by atoms with E-state index in [1.807, 2.05) is 27.7 Å². The molecule has 2 heterocycles. The smallest absolute Gasteiger partial charge is 0.388 e. The number of alkyl halides is 5. The molecule has 2 N–H and O–H groups in total. The van der Waals surface area contributed by atoms with Gasteiger partial charge in [0, 0.05) is 35.9 Å². The third-order valence-corrected chi connectivity index (χ3v) is 8.11. The highest BCUT2D eigenvalue weighted by Gasteiger charge is 2.40. The van der Waals surface area contributed by atoms with Gasteiger partial charge in [-0.05, 0) is 65.5 Å². The van der Waals surface area contributed by atoms with Gasteiger partial charge in [0.1, 0.15) is 6.10 Å². The molecule has 2 aliphatic rings. The van der Waals surface area contributed by atoms with Crippen molar-refractivity contribution >= 4 is 18.2 Å². The summed E-state index contributed by atoms with van der Waals surface area (Å²) in [5, 5.41) is 22.7. The molecule has 0 amide bonds. The van der Waals surface area contributed by atoms with Crippen molar-refractivity contribution in [2.24, 2.45) is 10.8 Å². The van der Waals surface area contributed by atoms with E-state index in [0.29, 0.717) is 58.1 Å². The van der Waals surface area contributed by atoms with Gasteiger partial charge in [-0.15, -0.1) is 0 Å². The molecule has 0 radical (unpaired) electrons. The van der Waals surface area contributed by atoms with E-state index in [-0.39, 0.29) is 29.9 Å². The number of rotatable bonds is 4. The van der Waals surface area contributed by atoms with Gasteiger partial charge in [-0.1, -0.05) is 67.9 Å². The highest BCUT2D eigenvalue weighted by molar-refractivity contribution is 7.79. The maximum absolute atomic E-state index is 14.0. The van der Waals surface area contributed by atoms with E-state index in [0.717, 1.165) is 12.1 Å². The standard InChI is InChI=1S/C27H31F5N2O2.C6H14.CH4S/c1-14(2)23-22(24(36)17-6-5-16(13-33-17)27(30,31)32)20(15-7-9-26(28,29)10-8-15)21-18(34-23)11-25(3,4)12-19(21)35;1-5-6(2,3)4;1-2/h5-7,13-14,19,24,35-36H,8-12H2,1-4H3;5H2,1-4H3;2H,1H3. The molecule has 0 bridgehead atoms. The molecule has 248 valence electrons. The molecule has 2 unspecified atom stereocenters. The van der Waals surface area contributed by atoms with Crippen LogP contribution in [0.5, 0.6) is 0 Å². The molecule has 0 aliphatic heterocycles. The van der Waals surface area contributed by atoms with Crippen LogP contribution in [0.25, 0.3) is 5.57 Å². The van der Waals surface area contributed by atoms with Crippen LogP contribution in [0, 0.1) is 10.8 Å². The minimum Gasteiger partial charge on any atom is -0.388 e. The molecule has 0 fully saturated rings. The summed E-state index contributed by atoms with van der Waals surface area (Å²) in [5.74, 6) is -3.03. The summed E-state index contributed by atoms with van der Waals surface area (Å²) in [4.78, 5) is 8.73. The average molecular weight is 645 g/mol. The minimum absolute atomic E-state index is 0.0136. The van der Waals surface area contributed by atoms with E-state index in [2.05, 4.69) is 45.3 Å². The van der Waals surface area contributed by atoms with Crippen LogP contribution in [0.3, 0.4) is 0 Å². The SMILES string of the molecule is CC(C)c1nc2c(c(C3=CCC(F)(F)CC3)c1C(O)c1ccc(C(F)(F)F)cn1)C(O)CC(C)(C)C2.CCC(C)(C)C.CS. The Hall–Kier alpha value is -2.04. The summed E-state index contributed by atoms with van der Waals surface area (Å²) < 4.78 is 67.2. The van der Waals surface area contributed by atoms with E-state index in [4.69, 9.17) is 4.98 Å². The van der Waals surface area contributed by atoms with Crippen LogP contribution in [0.15, 0.2) is 24.4 Å². The fourth-order valence-electron chi connectivity index (χ4n) is 5.29. The maximum atomic E-state index is 14.0. The van der Waals surface area contributed by atoms with Gasteiger partial charge < -0.3 is 10.2 Å². The van der Waals surface area contributed by atoms with Crippen molar-refractivity contribution in [3.63, 3.8) is 0 Å². The van der Waals surface area contributed by atoms with E-state index < -0.39 is 36.3 Å². The van der Waals surface area contributed by atoms with Crippen LogP contribution < -0.4 is 0 Å². The van der Waals surface area contributed by atoms with Gasteiger partial charge in [-0.2, -0.15) is 25.8 Å². The number of aromatic nitrogens is 2. The zero-order valence-corrected chi connectivity index (χ0v) is 28.3. The number of thiol groups is 1. The Morgan fingerprint density at radius 1 is 1.09 bits per heavy atom. The van der Waals surface area contributed by atoms with Crippen molar-refractivity contribution in [3.8, 4) is 0 Å². The molecular formula is C34H49F5N2O2S. The maximum Gasteiger partial charge on any atom is 0.417 e. The number of allylic oxidation sites excluding steroid dienone is 2. The highest BCUT2D eigenvalue weighted by Crippen LogP contribution is 2.49. The number of halogens is 5. The number of aliphatic hydroxyl groups is 2. The topological polar surface area (TPSA) is 66.2 Å². The molecule has 4 rings (SSSR count). The lowest BCUT2D eigenvalue weighted by Gasteiger charge is -2.38. The molecule has 4 nitrogen and oxygen atoms in total. The molecule has 2 aromatic rings. The summed E-state index contributed by atoms with van der Waals surface area (Å²) in [6.45, 7) is 16.7. The van der Waals surface area contributed by atoms with Gasteiger partial charge in [-0.3, -0.25) is 9.97 Å². The van der Waals surface area contributed by atoms with Crippen LogP contribution in [0.2, 0.25) is 0 Å². The lowest BCUT2D eigenvalue weighted by molar-refractivity contribution is -0.137. The summed E-state index contributed by atoms with van der Waals surface area (Å²) in [5.41, 5.74) is 2.41. The normalized spacial score (nSPS) is 20.0. The molecule has 2 atom stereocenters. The number of pyridine rings is 2. The largest absolute Gasteiger partial charge is 0.417 e. The Labute approximate surface area is 265 Å². The quantitative estimate of drug-likeness (QED) is 0.229. The minimum atomic E-state index is -4.58. The van der Waals surface area contributed by atoms with Crippen molar-refractivity contribution in [2.45, 2.75) is 124 Å². The second-order valence-electron chi connectivity index (χ2n) is 13.9. The Balaban J connectivity index is 0.000000755. The molecule has 0 spiro atoms. The first-order valence-electron chi connectivity index (χ1n) is 15.1. The van der Waals surface area contributed by atoms with E-state index in [1.165, 1.54) is 12.5 Å². The fourth-order valence-corrected chi connectivity index (χ4v) is 5.29. The lowest BCUT2D eigenvalue weighted by atomic mass is 9.70. The van der Waals surface area contributed by atoms with Gasteiger partial charge in [0.2, 0.25) is 0 Å². The molecule has 2 aromatic heterocycles. The predicted octanol–water partition coefficient (Wildman–Crippen LogP) is 9.90.